The van der Waals surface area contributed by atoms with Crippen molar-refractivity contribution in [2.75, 3.05) is 0 Å². The highest BCUT2D eigenvalue weighted by Gasteiger charge is 2.38. The van der Waals surface area contributed by atoms with Crippen LogP contribution in [-0.2, 0) is 4.79 Å². The summed E-state index contributed by atoms with van der Waals surface area (Å²) in [4.78, 5) is 12.2. The van der Waals surface area contributed by atoms with Gasteiger partial charge in [-0.05, 0) is 44.1 Å². The number of allylic oxidation sites excluding steroid dienone is 4. The van der Waals surface area contributed by atoms with Gasteiger partial charge in [-0.25, -0.2) is 0 Å². The Bertz CT molecular complexity index is 311. The Kier molecular flexibility index (Phi) is 4.52. The number of ketones is 1. The molecule has 1 aliphatic rings. The number of hydrogen-bond donors (Lipinski definition) is 0. The summed E-state index contributed by atoms with van der Waals surface area (Å²) in [6.45, 7) is 8.62. The molecule has 0 spiro atoms. The van der Waals surface area contributed by atoms with Crippen LogP contribution in [0.5, 0.6) is 0 Å². The van der Waals surface area contributed by atoms with Gasteiger partial charge in [0, 0.05) is 5.92 Å². The summed E-state index contributed by atoms with van der Waals surface area (Å²) in [7, 11) is 0. The maximum absolute atomic E-state index is 12.2. The first-order valence-electron chi connectivity index (χ1n) is 6.42. The van der Waals surface area contributed by atoms with Crippen LogP contribution in [0.3, 0.4) is 0 Å². The van der Waals surface area contributed by atoms with Gasteiger partial charge in [0.25, 0.3) is 0 Å². The summed E-state index contributed by atoms with van der Waals surface area (Å²) >= 11 is 0. The fraction of sp³-hybridized carbons (Fsp3) is 0.667. The van der Waals surface area contributed by atoms with Crippen LogP contribution in [-0.4, -0.2) is 5.78 Å². The van der Waals surface area contributed by atoms with Gasteiger partial charge in [-0.3, -0.25) is 4.79 Å². The predicted molar refractivity (Wildman–Crippen MR) is 69.3 cm³/mol. The van der Waals surface area contributed by atoms with E-state index < -0.39 is 0 Å². The molecule has 0 aromatic carbocycles. The average molecular weight is 220 g/mol. The van der Waals surface area contributed by atoms with Crippen LogP contribution in [0.15, 0.2) is 23.8 Å². The molecule has 2 atom stereocenters. The van der Waals surface area contributed by atoms with Gasteiger partial charge in [0.2, 0.25) is 0 Å². The van der Waals surface area contributed by atoms with Crippen molar-refractivity contribution >= 4 is 5.78 Å². The van der Waals surface area contributed by atoms with E-state index >= 15 is 0 Å². The molecule has 0 aromatic heterocycles. The van der Waals surface area contributed by atoms with Gasteiger partial charge in [-0.15, -0.1) is 0 Å². The van der Waals surface area contributed by atoms with E-state index in [0.717, 1.165) is 25.7 Å². The SMILES string of the molecule is CCC=CC(=O)C1C(C)=CCCC1(C)CC. The molecule has 2 unspecified atom stereocenters. The maximum Gasteiger partial charge on any atom is 0.163 e. The summed E-state index contributed by atoms with van der Waals surface area (Å²) in [5, 5.41) is 0. The van der Waals surface area contributed by atoms with Gasteiger partial charge in [0.15, 0.2) is 5.78 Å². The van der Waals surface area contributed by atoms with Crippen molar-refractivity contribution in [3.63, 3.8) is 0 Å². The van der Waals surface area contributed by atoms with Crippen LogP contribution in [0.4, 0.5) is 0 Å². The summed E-state index contributed by atoms with van der Waals surface area (Å²) in [6, 6.07) is 0. The second-order valence-corrected chi connectivity index (χ2v) is 5.14. The third-order valence-electron chi connectivity index (χ3n) is 3.94. The van der Waals surface area contributed by atoms with Crippen LogP contribution in [0, 0.1) is 11.3 Å². The van der Waals surface area contributed by atoms with E-state index in [0.29, 0.717) is 5.78 Å². The molecule has 0 saturated heterocycles. The quantitative estimate of drug-likeness (QED) is 0.510. The smallest absolute Gasteiger partial charge is 0.163 e. The molecule has 0 aliphatic heterocycles. The second kappa shape index (κ2) is 5.47. The fourth-order valence-corrected chi connectivity index (χ4v) is 2.72. The number of rotatable bonds is 4. The molecule has 1 rings (SSSR count). The highest BCUT2D eigenvalue weighted by Crippen LogP contribution is 2.44. The summed E-state index contributed by atoms with van der Waals surface area (Å²) in [6.07, 6.45) is 10.3. The van der Waals surface area contributed by atoms with Crippen LogP contribution >= 0.6 is 0 Å². The van der Waals surface area contributed by atoms with Crippen molar-refractivity contribution in [2.45, 2.75) is 53.4 Å². The molecule has 90 valence electrons. The second-order valence-electron chi connectivity index (χ2n) is 5.14. The van der Waals surface area contributed by atoms with Crippen LogP contribution in [0.25, 0.3) is 0 Å². The lowest BCUT2D eigenvalue weighted by Gasteiger charge is -2.39. The topological polar surface area (TPSA) is 17.1 Å². The van der Waals surface area contributed by atoms with Crippen molar-refractivity contribution in [3.8, 4) is 0 Å². The fourth-order valence-electron chi connectivity index (χ4n) is 2.72. The molecule has 0 fully saturated rings. The Morgan fingerprint density at radius 1 is 1.56 bits per heavy atom. The first kappa shape index (κ1) is 13.2. The lowest BCUT2D eigenvalue weighted by atomic mass is 9.64. The van der Waals surface area contributed by atoms with Crippen molar-refractivity contribution in [1.82, 2.24) is 0 Å². The molecule has 0 amide bonds. The molecule has 0 bridgehead atoms. The third kappa shape index (κ3) is 2.63. The van der Waals surface area contributed by atoms with Gasteiger partial charge < -0.3 is 0 Å². The van der Waals surface area contributed by atoms with Crippen molar-refractivity contribution < 1.29 is 4.79 Å². The van der Waals surface area contributed by atoms with Crippen LogP contribution < -0.4 is 0 Å². The third-order valence-corrected chi connectivity index (χ3v) is 3.94. The lowest BCUT2D eigenvalue weighted by molar-refractivity contribution is -0.121. The molecule has 0 aromatic rings. The largest absolute Gasteiger partial charge is 0.294 e. The van der Waals surface area contributed by atoms with E-state index in [2.05, 4.69) is 33.8 Å². The van der Waals surface area contributed by atoms with E-state index in [4.69, 9.17) is 0 Å². The first-order chi connectivity index (χ1) is 7.55. The zero-order valence-electron chi connectivity index (χ0n) is 11.0. The van der Waals surface area contributed by atoms with E-state index in [1.165, 1.54) is 5.57 Å². The Labute approximate surface area is 99.6 Å². The van der Waals surface area contributed by atoms with E-state index in [9.17, 15) is 4.79 Å². The normalized spacial score (nSPS) is 30.5. The standard InChI is InChI=1S/C15H24O/c1-5-7-10-13(16)14-12(3)9-8-11-15(14,4)6-2/h7,9-10,14H,5-6,8,11H2,1-4H3. The summed E-state index contributed by atoms with van der Waals surface area (Å²) in [5.74, 6) is 0.397. The summed E-state index contributed by atoms with van der Waals surface area (Å²) < 4.78 is 0. The number of carbonyl (C=O) groups excluding carboxylic acids is 1. The Morgan fingerprint density at radius 2 is 2.25 bits per heavy atom. The van der Waals surface area contributed by atoms with Gasteiger partial charge in [0.05, 0.1) is 0 Å². The molecule has 0 heterocycles. The molecule has 0 radical (unpaired) electrons. The van der Waals surface area contributed by atoms with Gasteiger partial charge in [-0.2, -0.15) is 0 Å². The molecule has 0 N–H and O–H groups in total. The number of hydrogen-bond acceptors (Lipinski definition) is 1. The first-order valence-corrected chi connectivity index (χ1v) is 6.42. The van der Waals surface area contributed by atoms with Crippen LogP contribution in [0.1, 0.15) is 53.4 Å². The van der Waals surface area contributed by atoms with Gasteiger partial charge in [-0.1, -0.05) is 38.5 Å². The predicted octanol–water partition coefficient (Wildman–Crippen LogP) is 4.29. The Hall–Kier alpha value is -0.850. The average Bonchev–Trinajstić information content (AvgIpc) is 2.26. The molecular formula is C15H24O. The summed E-state index contributed by atoms with van der Waals surface area (Å²) in [5.41, 5.74) is 1.43. The zero-order chi connectivity index (χ0) is 12.2. The molecule has 1 heteroatoms. The monoisotopic (exact) mass is 220 g/mol. The zero-order valence-corrected chi connectivity index (χ0v) is 11.0. The van der Waals surface area contributed by atoms with Crippen molar-refractivity contribution in [2.24, 2.45) is 11.3 Å². The Morgan fingerprint density at radius 3 is 2.81 bits per heavy atom. The molecule has 1 nitrogen and oxygen atoms in total. The minimum atomic E-state index is 0.106. The molecule has 0 saturated carbocycles. The highest BCUT2D eigenvalue weighted by atomic mass is 16.1. The van der Waals surface area contributed by atoms with Gasteiger partial charge >= 0.3 is 0 Å². The lowest BCUT2D eigenvalue weighted by Crippen LogP contribution is -2.35. The van der Waals surface area contributed by atoms with E-state index in [-0.39, 0.29) is 11.3 Å². The maximum atomic E-state index is 12.2. The van der Waals surface area contributed by atoms with E-state index in [1.54, 1.807) is 6.08 Å². The van der Waals surface area contributed by atoms with Crippen molar-refractivity contribution in [1.29, 1.82) is 0 Å². The minimum absolute atomic E-state index is 0.106. The highest BCUT2D eigenvalue weighted by molar-refractivity contribution is 5.94. The van der Waals surface area contributed by atoms with Gasteiger partial charge in [0.1, 0.15) is 0 Å². The van der Waals surface area contributed by atoms with Crippen LogP contribution in [0.2, 0.25) is 0 Å². The molecule has 16 heavy (non-hydrogen) atoms. The number of carbonyl (C=O) groups is 1. The molecular weight excluding hydrogens is 196 g/mol. The Balaban J connectivity index is 2.95. The van der Waals surface area contributed by atoms with E-state index in [1.807, 2.05) is 6.08 Å². The van der Waals surface area contributed by atoms with Crippen molar-refractivity contribution in [3.05, 3.63) is 23.8 Å². The molecule has 1 aliphatic carbocycles. The minimum Gasteiger partial charge on any atom is -0.294 e.